The Morgan fingerprint density at radius 3 is 2.57 bits per heavy atom. The van der Waals surface area contributed by atoms with Gasteiger partial charge in [-0.05, 0) is 18.6 Å². The maximum absolute atomic E-state index is 13.7. The van der Waals surface area contributed by atoms with E-state index >= 15 is 0 Å². The molecule has 0 fully saturated rings. The lowest BCUT2D eigenvalue weighted by molar-refractivity contribution is -0.385. The molecule has 0 spiro atoms. The summed E-state index contributed by atoms with van der Waals surface area (Å²) in [5, 5.41) is 20.1. The van der Waals surface area contributed by atoms with E-state index in [4.69, 9.17) is 4.74 Å². The van der Waals surface area contributed by atoms with Gasteiger partial charge in [0.25, 0.3) is 5.69 Å². The number of rotatable bonds is 5. The van der Waals surface area contributed by atoms with Crippen LogP contribution in [0, 0.1) is 22.9 Å². The molecule has 110 valence electrons. The van der Waals surface area contributed by atoms with E-state index in [-0.39, 0.29) is 24.7 Å². The van der Waals surface area contributed by atoms with Crippen molar-refractivity contribution in [2.75, 3.05) is 0 Å². The number of aliphatic hydroxyl groups excluding tert-OH is 1. The fourth-order valence-electron chi connectivity index (χ4n) is 2.01. The number of hydrogen-bond acceptors (Lipinski definition) is 4. The van der Waals surface area contributed by atoms with Crippen molar-refractivity contribution in [1.82, 2.24) is 0 Å². The topological polar surface area (TPSA) is 72.6 Å². The fraction of sp³-hybridized carbons (Fsp3) is 0.200. The lowest BCUT2D eigenvalue weighted by Gasteiger charge is -2.12. The summed E-state index contributed by atoms with van der Waals surface area (Å²) in [7, 11) is 0. The second kappa shape index (κ2) is 6.32. The molecule has 0 amide bonds. The average molecular weight is 291 g/mol. The third-order valence-electron chi connectivity index (χ3n) is 3.20. The van der Waals surface area contributed by atoms with E-state index in [1.807, 2.05) is 0 Å². The van der Waals surface area contributed by atoms with Crippen LogP contribution in [0.3, 0.4) is 0 Å². The highest BCUT2D eigenvalue weighted by atomic mass is 19.1. The van der Waals surface area contributed by atoms with Crippen molar-refractivity contribution >= 4 is 5.69 Å². The molecule has 0 unspecified atom stereocenters. The Bertz CT molecular complexity index is 673. The number of nitro groups is 1. The average Bonchev–Trinajstić information content (AvgIpc) is 2.46. The maximum Gasteiger partial charge on any atom is 0.272 e. The minimum atomic E-state index is -0.579. The number of hydrogen-bond donors (Lipinski definition) is 1. The van der Waals surface area contributed by atoms with Crippen molar-refractivity contribution in [1.29, 1.82) is 0 Å². The largest absolute Gasteiger partial charge is 0.485 e. The van der Waals surface area contributed by atoms with Crippen LogP contribution in [0.4, 0.5) is 10.1 Å². The molecule has 0 aliphatic rings. The van der Waals surface area contributed by atoms with Crippen LogP contribution in [-0.2, 0) is 13.2 Å². The van der Waals surface area contributed by atoms with Crippen LogP contribution >= 0.6 is 0 Å². The number of halogens is 1. The molecule has 2 aromatic rings. The Morgan fingerprint density at radius 2 is 1.90 bits per heavy atom. The van der Waals surface area contributed by atoms with Gasteiger partial charge in [0.2, 0.25) is 0 Å². The Kier molecular flexibility index (Phi) is 4.49. The van der Waals surface area contributed by atoms with Crippen molar-refractivity contribution in [3.05, 3.63) is 69.0 Å². The molecule has 0 aromatic heterocycles. The van der Waals surface area contributed by atoms with Crippen LogP contribution in [0.15, 0.2) is 36.4 Å². The first-order valence-electron chi connectivity index (χ1n) is 6.28. The van der Waals surface area contributed by atoms with Crippen LogP contribution in [-0.4, -0.2) is 10.0 Å². The van der Waals surface area contributed by atoms with Gasteiger partial charge in [0, 0.05) is 17.2 Å². The lowest BCUT2D eigenvalue weighted by Crippen LogP contribution is -2.04. The highest BCUT2D eigenvalue weighted by Gasteiger charge is 2.15. The van der Waals surface area contributed by atoms with E-state index < -0.39 is 10.7 Å². The van der Waals surface area contributed by atoms with Crippen molar-refractivity contribution < 1.29 is 19.2 Å². The Morgan fingerprint density at radius 1 is 1.24 bits per heavy atom. The van der Waals surface area contributed by atoms with Crippen LogP contribution < -0.4 is 4.74 Å². The standard InChI is InChI=1S/C15H14FNO4/c1-10-12(5-3-7-14(10)17(19)20)9-21-15-11(8-18)4-2-6-13(15)16/h2-7,18H,8-9H2,1H3. The fourth-order valence-corrected chi connectivity index (χ4v) is 2.01. The van der Waals surface area contributed by atoms with Crippen LogP contribution in [0.2, 0.25) is 0 Å². The molecule has 0 saturated carbocycles. The molecule has 5 nitrogen and oxygen atoms in total. The quantitative estimate of drug-likeness (QED) is 0.678. The first-order valence-corrected chi connectivity index (χ1v) is 6.28. The first kappa shape index (κ1) is 14.9. The van der Waals surface area contributed by atoms with Gasteiger partial charge in [-0.1, -0.05) is 24.3 Å². The molecular formula is C15H14FNO4. The van der Waals surface area contributed by atoms with Gasteiger partial charge in [0.05, 0.1) is 11.5 Å². The SMILES string of the molecule is Cc1c(COc2c(F)cccc2CO)cccc1[N+](=O)[O-]. The van der Waals surface area contributed by atoms with E-state index in [0.717, 1.165) is 0 Å². The number of para-hydroxylation sites is 1. The van der Waals surface area contributed by atoms with Gasteiger partial charge >= 0.3 is 0 Å². The van der Waals surface area contributed by atoms with Gasteiger partial charge in [0.1, 0.15) is 6.61 Å². The molecule has 0 radical (unpaired) electrons. The van der Waals surface area contributed by atoms with Gasteiger partial charge in [-0.2, -0.15) is 0 Å². The zero-order chi connectivity index (χ0) is 15.4. The molecular weight excluding hydrogens is 277 g/mol. The van der Waals surface area contributed by atoms with Crippen LogP contribution in [0.5, 0.6) is 5.75 Å². The second-order valence-electron chi connectivity index (χ2n) is 4.49. The van der Waals surface area contributed by atoms with Gasteiger partial charge in [-0.15, -0.1) is 0 Å². The van der Waals surface area contributed by atoms with E-state index in [0.29, 0.717) is 16.7 Å². The van der Waals surface area contributed by atoms with Gasteiger partial charge in [-0.3, -0.25) is 10.1 Å². The monoisotopic (exact) mass is 291 g/mol. The number of nitro benzene ring substituents is 1. The summed E-state index contributed by atoms with van der Waals surface area (Å²) < 4.78 is 19.1. The number of aliphatic hydroxyl groups is 1. The normalized spacial score (nSPS) is 10.4. The van der Waals surface area contributed by atoms with E-state index in [1.54, 1.807) is 25.1 Å². The molecule has 0 bridgehead atoms. The number of benzene rings is 2. The van der Waals surface area contributed by atoms with Crippen molar-refractivity contribution in [2.24, 2.45) is 0 Å². The molecule has 0 aliphatic carbocycles. The van der Waals surface area contributed by atoms with Crippen LogP contribution in [0.1, 0.15) is 16.7 Å². The predicted octanol–water partition coefficient (Wildman–Crippen LogP) is 3.11. The van der Waals surface area contributed by atoms with Crippen LogP contribution in [0.25, 0.3) is 0 Å². The Balaban J connectivity index is 2.25. The summed E-state index contributed by atoms with van der Waals surface area (Å²) in [6, 6.07) is 8.90. The Hall–Kier alpha value is -2.47. The first-order chi connectivity index (χ1) is 10.0. The summed E-state index contributed by atoms with van der Waals surface area (Å²) in [6.45, 7) is 1.26. The zero-order valence-corrected chi connectivity index (χ0v) is 11.4. The van der Waals surface area contributed by atoms with Crippen molar-refractivity contribution in [2.45, 2.75) is 20.1 Å². The molecule has 21 heavy (non-hydrogen) atoms. The van der Waals surface area contributed by atoms with E-state index in [9.17, 15) is 19.6 Å². The zero-order valence-electron chi connectivity index (χ0n) is 11.4. The summed E-state index contributed by atoms with van der Waals surface area (Å²) >= 11 is 0. The summed E-state index contributed by atoms with van der Waals surface area (Å²) in [6.07, 6.45) is 0. The van der Waals surface area contributed by atoms with E-state index in [1.165, 1.54) is 18.2 Å². The minimum absolute atomic E-state index is 0.00739. The molecule has 1 N–H and O–H groups in total. The third-order valence-corrected chi connectivity index (χ3v) is 3.20. The van der Waals surface area contributed by atoms with Gasteiger partial charge in [-0.25, -0.2) is 4.39 Å². The van der Waals surface area contributed by atoms with Crippen molar-refractivity contribution in [3.8, 4) is 5.75 Å². The smallest absolute Gasteiger partial charge is 0.272 e. The molecule has 2 rings (SSSR count). The van der Waals surface area contributed by atoms with Gasteiger partial charge < -0.3 is 9.84 Å². The van der Waals surface area contributed by atoms with Crippen molar-refractivity contribution in [3.63, 3.8) is 0 Å². The molecule has 0 aliphatic heterocycles. The summed E-state index contributed by atoms with van der Waals surface area (Å²) in [4.78, 5) is 10.4. The summed E-state index contributed by atoms with van der Waals surface area (Å²) in [5.74, 6) is -0.615. The van der Waals surface area contributed by atoms with E-state index in [2.05, 4.69) is 0 Å². The third kappa shape index (κ3) is 3.17. The predicted molar refractivity (Wildman–Crippen MR) is 74.5 cm³/mol. The molecule has 6 heteroatoms. The lowest BCUT2D eigenvalue weighted by atomic mass is 10.1. The highest BCUT2D eigenvalue weighted by Crippen LogP contribution is 2.26. The molecule has 2 aromatic carbocycles. The Labute approximate surface area is 120 Å². The highest BCUT2D eigenvalue weighted by molar-refractivity contribution is 5.44. The van der Waals surface area contributed by atoms with Gasteiger partial charge in [0.15, 0.2) is 11.6 Å². The maximum atomic E-state index is 13.7. The summed E-state index contributed by atoms with van der Waals surface area (Å²) in [5.41, 5.74) is 1.39. The second-order valence-corrected chi connectivity index (χ2v) is 4.49. The number of nitrogens with zero attached hydrogens (tertiary/aromatic N) is 1. The molecule has 0 saturated heterocycles. The number of ether oxygens (including phenoxy) is 1. The minimum Gasteiger partial charge on any atom is -0.485 e. The molecule has 0 atom stereocenters. The molecule has 0 heterocycles.